The van der Waals surface area contributed by atoms with Crippen molar-refractivity contribution in [3.8, 4) is 0 Å². The molecule has 0 aliphatic rings. The lowest BCUT2D eigenvalue weighted by Crippen LogP contribution is -2.18. The first-order valence-corrected chi connectivity index (χ1v) is 6.91. The molecule has 0 aliphatic carbocycles. The smallest absolute Gasteiger partial charge is 0.0489 e. The third kappa shape index (κ3) is 3.93. The van der Waals surface area contributed by atoms with Gasteiger partial charge in [0.2, 0.25) is 0 Å². The second-order valence-corrected chi connectivity index (χ2v) is 5.18. The van der Waals surface area contributed by atoms with Crippen LogP contribution in [0.4, 0.5) is 0 Å². The van der Waals surface area contributed by atoms with E-state index in [4.69, 9.17) is 0 Å². The van der Waals surface area contributed by atoms with Gasteiger partial charge in [0.15, 0.2) is 0 Å². The third-order valence-corrected chi connectivity index (χ3v) is 3.44. The Bertz CT molecular complexity index is 492. The van der Waals surface area contributed by atoms with E-state index in [0.717, 1.165) is 26.1 Å². The number of nitrogens with one attached hydrogen (secondary N) is 1. The summed E-state index contributed by atoms with van der Waals surface area (Å²) in [6.07, 6.45) is 4.94. The van der Waals surface area contributed by atoms with Gasteiger partial charge in [-0.3, -0.25) is 4.68 Å². The Hall–Kier alpha value is -1.61. The van der Waals surface area contributed by atoms with Crippen LogP contribution in [0.2, 0.25) is 0 Å². The highest BCUT2D eigenvalue weighted by molar-refractivity contribution is 5.37. The fraction of sp³-hybridized carbons (Fsp3) is 0.438. The molecule has 0 bridgehead atoms. The number of aryl methyl sites for hydroxylation is 4. The summed E-state index contributed by atoms with van der Waals surface area (Å²) >= 11 is 0. The topological polar surface area (TPSA) is 29.9 Å². The Kier molecular flexibility index (Phi) is 4.74. The van der Waals surface area contributed by atoms with Crippen LogP contribution >= 0.6 is 0 Å². The average Bonchev–Trinajstić information content (AvgIpc) is 2.84. The van der Waals surface area contributed by atoms with Crippen LogP contribution in [-0.2, 0) is 13.1 Å². The van der Waals surface area contributed by atoms with E-state index in [1.54, 1.807) is 0 Å². The molecule has 0 saturated heterocycles. The summed E-state index contributed by atoms with van der Waals surface area (Å²) in [5.41, 5.74) is 5.55. The molecule has 0 radical (unpaired) electrons. The summed E-state index contributed by atoms with van der Waals surface area (Å²) in [7, 11) is 0. The Labute approximate surface area is 115 Å². The number of nitrogens with zero attached hydrogens (tertiary/aromatic N) is 2. The second-order valence-electron chi connectivity index (χ2n) is 5.18. The van der Waals surface area contributed by atoms with Crippen molar-refractivity contribution in [3.05, 3.63) is 52.8 Å². The lowest BCUT2D eigenvalue weighted by Gasteiger charge is -2.12. The van der Waals surface area contributed by atoms with E-state index in [-0.39, 0.29) is 0 Å². The molecule has 0 spiro atoms. The summed E-state index contributed by atoms with van der Waals surface area (Å²) in [4.78, 5) is 0. The zero-order valence-corrected chi connectivity index (χ0v) is 12.1. The van der Waals surface area contributed by atoms with Gasteiger partial charge in [0.25, 0.3) is 0 Å². The highest BCUT2D eigenvalue weighted by Gasteiger charge is 2.03. The van der Waals surface area contributed by atoms with Crippen molar-refractivity contribution >= 4 is 0 Å². The molecule has 1 aromatic carbocycles. The SMILES string of the molecule is Cc1cc(C)c(CNCCCn2cccn2)c(C)c1. The number of aromatic nitrogens is 2. The van der Waals surface area contributed by atoms with E-state index in [0.29, 0.717) is 0 Å². The Morgan fingerprint density at radius 2 is 1.89 bits per heavy atom. The molecule has 0 aliphatic heterocycles. The monoisotopic (exact) mass is 257 g/mol. The standard InChI is InChI=1S/C16H23N3/c1-13-10-14(2)16(15(3)11-13)12-17-6-4-8-19-9-5-7-18-19/h5,7,9-11,17H,4,6,8,12H2,1-3H3. The van der Waals surface area contributed by atoms with Gasteiger partial charge in [-0.1, -0.05) is 17.7 Å². The fourth-order valence-electron chi connectivity index (χ4n) is 2.50. The molecule has 0 unspecified atom stereocenters. The van der Waals surface area contributed by atoms with Crippen molar-refractivity contribution in [1.29, 1.82) is 0 Å². The van der Waals surface area contributed by atoms with Gasteiger partial charge < -0.3 is 5.32 Å². The van der Waals surface area contributed by atoms with Crippen LogP contribution in [0.5, 0.6) is 0 Å². The quantitative estimate of drug-likeness (QED) is 0.806. The molecule has 102 valence electrons. The van der Waals surface area contributed by atoms with Crippen molar-refractivity contribution in [2.45, 2.75) is 40.3 Å². The van der Waals surface area contributed by atoms with Gasteiger partial charge in [-0.15, -0.1) is 0 Å². The maximum absolute atomic E-state index is 4.20. The fourth-order valence-corrected chi connectivity index (χ4v) is 2.50. The Balaban J connectivity index is 1.77. The molecule has 3 heteroatoms. The first kappa shape index (κ1) is 13.8. The zero-order chi connectivity index (χ0) is 13.7. The average molecular weight is 257 g/mol. The van der Waals surface area contributed by atoms with Gasteiger partial charge in [0, 0.05) is 25.5 Å². The van der Waals surface area contributed by atoms with E-state index < -0.39 is 0 Å². The van der Waals surface area contributed by atoms with Gasteiger partial charge >= 0.3 is 0 Å². The molecule has 2 aromatic rings. The predicted molar refractivity (Wildman–Crippen MR) is 79.2 cm³/mol. The minimum absolute atomic E-state index is 0.955. The van der Waals surface area contributed by atoms with Crippen molar-refractivity contribution in [2.75, 3.05) is 6.54 Å². The van der Waals surface area contributed by atoms with Gasteiger partial charge in [0.1, 0.15) is 0 Å². The van der Waals surface area contributed by atoms with Crippen LogP contribution in [0.15, 0.2) is 30.6 Å². The Morgan fingerprint density at radius 1 is 1.16 bits per heavy atom. The maximum atomic E-state index is 4.20. The molecule has 3 nitrogen and oxygen atoms in total. The summed E-state index contributed by atoms with van der Waals surface area (Å²) in [6, 6.07) is 6.48. The molecule has 0 amide bonds. The minimum atomic E-state index is 0.955. The lowest BCUT2D eigenvalue weighted by atomic mass is 10.00. The van der Waals surface area contributed by atoms with E-state index in [9.17, 15) is 0 Å². The summed E-state index contributed by atoms with van der Waals surface area (Å²) in [5.74, 6) is 0. The van der Waals surface area contributed by atoms with Crippen molar-refractivity contribution in [1.82, 2.24) is 15.1 Å². The second kappa shape index (κ2) is 6.53. The molecule has 2 rings (SSSR count). The minimum Gasteiger partial charge on any atom is -0.313 e. The predicted octanol–water partition coefficient (Wildman–Crippen LogP) is 2.99. The third-order valence-electron chi connectivity index (χ3n) is 3.44. The molecule has 19 heavy (non-hydrogen) atoms. The molecule has 1 N–H and O–H groups in total. The lowest BCUT2D eigenvalue weighted by molar-refractivity contribution is 0.542. The summed E-state index contributed by atoms with van der Waals surface area (Å²) < 4.78 is 1.98. The summed E-state index contributed by atoms with van der Waals surface area (Å²) in [5, 5.41) is 7.72. The van der Waals surface area contributed by atoms with Crippen molar-refractivity contribution < 1.29 is 0 Å². The molecular weight excluding hydrogens is 234 g/mol. The number of rotatable bonds is 6. The van der Waals surface area contributed by atoms with Crippen LogP contribution in [0.1, 0.15) is 28.7 Å². The molecule has 0 saturated carbocycles. The summed E-state index contributed by atoms with van der Waals surface area (Å²) in [6.45, 7) is 9.50. The van der Waals surface area contributed by atoms with Crippen molar-refractivity contribution in [2.24, 2.45) is 0 Å². The molecule has 1 heterocycles. The van der Waals surface area contributed by atoms with Crippen LogP contribution in [0.3, 0.4) is 0 Å². The number of hydrogen-bond acceptors (Lipinski definition) is 2. The normalized spacial score (nSPS) is 10.9. The van der Waals surface area contributed by atoms with Gasteiger partial charge in [-0.25, -0.2) is 0 Å². The number of benzene rings is 1. The van der Waals surface area contributed by atoms with Crippen LogP contribution in [0.25, 0.3) is 0 Å². The van der Waals surface area contributed by atoms with E-state index in [1.165, 1.54) is 22.3 Å². The zero-order valence-electron chi connectivity index (χ0n) is 12.1. The van der Waals surface area contributed by atoms with Crippen LogP contribution in [0, 0.1) is 20.8 Å². The van der Waals surface area contributed by atoms with E-state index in [2.05, 4.69) is 43.3 Å². The molecule has 1 aromatic heterocycles. The highest BCUT2D eigenvalue weighted by Crippen LogP contribution is 2.15. The van der Waals surface area contributed by atoms with Crippen LogP contribution in [-0.4, -0.2) is 16.3 Å². The molecule has 0 atom stereocenters. The molecule has 0 fully saturated rings. The van der Waals surface area contributed by atoms with Gasteiger partial charge in [0.05, 0.1) is 0 Å². The van der Waals surface area contributed by atoms with Crippen molar-refractivity contribution in [3.63, 3.8) is 0 Å². The maximum Gasteiger partial charge on any atom is 0.0489 e. The van der Waals surface area contributed by atoms with Crippen LogP contribution < -0.4 is 5.32 Å². The first-order valence-electron chi connectivity index (χ1n) is 6.91. The van der Waals surface area contributed by atoms with E-state index >= 15 is 0 Å². The largest absolute Gasteiger partial charge is 0.313 e. The number of hydrogen-bond donors (Lipinski definition) is 1. The van der Waals surface area contributed by atoms with Gasteiger partial charge in [-0.05, 0) is 56.5 Å². The molecular formula is C16H23N3. The first-order chi connectivity index (χ1) is 9.16. The Morgan fingerprint density at radius 3 is 2.53 bits per heavy atom. The van der Waals surface area contributed by atoms with Gasteiger partial charge in [-0.2, -0.15) is 5.10 Å². The highest BCUT2D eigenvalue weighted by atomic mass is 15.3. The van der Waals surface area contributed by atoms with E-state index in [1.807, 2.05) is 23.1 Å².